The zero-order chi connectivity index (χ0) is 25.2. The number of nitrogens with one attached hydrogen (secondary N) is 2. The highest BCUT2D eigenvalue weighted by molar-refractivity contribution is 6.39. The van der Waals surface area contributed by atoms with Crippen molar-refractivity contribution in [1.29, 1.82) is 0 Å². The number of benzene rings is 3. The Morgan fingerprint density at radius 3 is 1.97 bits per heavy atom. The lowest BCUT2D eigenvalue weighted by atomic mass is 10.2. The van der Waals surface area contributed by atoms with Crippen LogP contribution in [0.15, 0.2) is 71.8 Å². The molecule has 180 valence electrons. The molecule has 3 rings (SSSR count). The SMILES string of the molecule is COc1ccc(NC(=O)C(=O)N/N=C\c2ccc(OC(=O)c3ccc(OC)cc3)c(OC)c2)cc1. The van der Waals surface area contributed by atoms with Crippen LogP contribution >= 0.6 is 0 Å². The van der Waals surface area contributed by atoms with E-state index in [9.17, 15) is 14.4 Å². The summed E-state index contributed by atoms with van der Waals surface area (Å²) in [5, 5.41) is 6.23. The predicted octanol–water partition coefficient (Wildman–Crippen LogP) is 3.02. The number of nitrogens with zero attached hydrogens (tertiary/aromatic N) is 1. The van der Waals surface area contributed by atoms with Crippen molar-refractivity contribution in [3.05, 3.63) is 77.9 Å². The number of rotatable bonds is 8. The van der Waals surface area contributed by atoms with E-state index in [0.29, 0.717) is 28.3 Å². The Kier molecular flexibility index (Phi) is 8.38. The normalized spacial score (nSPS) is 10.4. The molecule has 0 saturated heterocycles. The molecule has 0 saturated carbocycles. The number of hydrazone groups is 1. The van der Waals surface area contributed by atoms with Gasteiger partial charge in [0, 0.05) is 5.69 Å². The van der Waals surface area contributed by atoms with Gasteiger partial charge in [-0.25, -0.2) is 10.2 Å². The molecule has 0 aromatic heterocycles. The molecule has 0 aliphatic rings. The smallest absolute Gasteiger partial charge is 0.343 e. The van der Waals surface area contributed by atoms with Crippen LogP contribution in [0.1, 0.15) is 15.9 Å². The third kappa shape index (κ3) is 6.81. The summed E-state index contributed by atoms with van der Waals surface area (Å²) in [6.45, 7) is 0. The topological polar surface area (TPSA) is 125 Å². The van der Waals surface area contributed by atoms with E-state index < -0.39 is 17.8 Å². The zero-order valence-electron chi connectivity index (χ0n) is 19.2. The lowest BCUT2D eigenvalue weighted by molar-refractivity contribution is -0.136. The second-order valence-electron chi connectivity index (χ2n) is 6.91. The molecule has 0 aliphatic carbocycles. The molecule has 10 nitrogen and oxygen atoms in total. The van der Waals surface area contributed by atoms with Crippen LogP contribution in [0.2, 0.25) is 0 Å². The van der Waals surface area contributed by atoms with E-state index in [2.05, 4.69) is 15.8 Å². The van der Waals surface area contributed by atoms with Crippen LogP contribution in [0.3, 0.4) is 0 Å². The first kappa shape index (κ1) is 24.8. The molecule has 0 atom stereocenters. The zero-order valence-corrected chi connectivity index (χ0v) is 19.2. The number of esters is 1. The van der Waals surface area contributed by atoms with Gasteiger partial charge in [-0.3, -0.25) is 9.59 Å². The van der Waals surface area contributed by atoms with Gasteiger partial charge >= 0.3 is 17.8 Å². The molecule has 0 radical (unpaired) electrons. The highest BCUT2D eigenvalue weighted by Crippen LogP contribution is 2.28. The molecule has 0 aliphatic heterocycles. The highest BCUT2D eigenvalue weighted by atomic mass is 16.6. The van der Waals surface area contributed by atoms with Crippen LogP contribution in [0.5, 0.6) is 23.0 Å². The van der Waals surface area contributed by atoms with E-state index in [1.165, 1.54) is 33.6 Å². The van der Waals surface area contributed by atoms with Gasteiger partial charge in [0.05, 0.1) is 33.1 Å². The fourth-order valence-corrected chi connectivity index (χ4v) is 2.81. The molecule has 0 heterocycles. The van der Waals surface area contributed by atoms with Gasteiger partial charge in [0.2, 0.25) is 0 Å². The Morgan fingerprint density at radius 2 is 1.37 bits per heavy atom. The molecule has 0 unspecified atom stereocenters. The third-order valence-electron chi connectivity index (χ3n) is 4.65. The Balaban J connectivity index is 1.58. The van der Waals surface area contributed by atoms with Crippen LogP contribution < -0.4 is 29.7 Å². The van der Waals surface area contributed by atoms with Gasteiger partial charge in [0.1, 0.15) is 11.5 Å². The summed E-state index contributed by atoms with van der Waals surface area (Å²) < 4.78 is 20.8. The number of amides is 2. The number of methoxy groups -OCH3 is 3. The highest BCUT2D eigenvalue weighted by Gasteiger charge is 2.14. The summed E-state index contributed by atoms with van der Waals surface area (Å²) in [6.07, 6.45) is 1.32. The average molecular weight is 477 g/mol. The molecular formula is C25H23N3O7. The van der Waals surface area contributed by atoms with Crippen molar-refractivity contribution in [2.45, 2.75) is 0 Å². The standard InChI is InChI=1S/C25H23N3O7/c1-32-19-9-5-17(6-10-19)25(31)35-21-13-4-16(14-22(21)34-3)15-26-28-24(30)23(29)27-18-7-11-20(33-2)12-8-18/h4-15H,1-3H3,(H,27,29)(H,28,30)/b26-15-. The molecule has 0 fully saturated rings. The summed E-state index contributed by atoms with van der Waals surface area (Å²) in [4.78, 5) is 36.4. The van der Waals surface area contributed by atoms with Gasteiger partial charge in [0.15, 0.2) is 11.5 Å². The largest absolute Gasteiger partial charge is 0.497 e. The fraction of sp³-hybridized carbons (Fsp3) is 0.120. The molecule has 3 aromatic rings. The van der Waals surface area contributed by atoms with Crippen LogP contribution in [-0.2, 0) is 9.59 Å². The maximum atomic E-state index is 12.4. The number of hydrogen-bond acceptors (Lipinski definition) is 8. The fourth-order valence-electron chi connectivity index (χ4n) is 2.81. The first-order valence-corrected chi connectivity index (χ1v) is 10.3. The summed E-state index contributed by atoms with van der Waals surface area (Å²) in [5.41, 5.74) is 3.45. The van der Waals surface area contributed by atoms with Gasteiger partial charge in [-0.2, -0.15) is 5.10 Å². The Morgan fingerprint density at radius 1 is 0.743 bits per heavy atom. The lowest BCUT2D eigenvalue weighted by Crippen LogP contribution is -2.32. The maximum absolute atomic E-state index is 12.4. The van der Waals surface area contributed by atoms with Gasteiger partial charge in [-0.15, -0.1) is 0 Å². The Hall–Kier alpha value is -4.86. The molecule has 0 spiro atoms. The third-order valence-corrected chi connectivity index (χ3v) is 4.65. The lowest BCUT2D eigenvalue weighted by Gasteiger charge is -2.10. The molecular weight excluding hydrogens is 454 g/mol. The molecule has 10 heteroatoms. The summed E-state index contributed by atoms with van der Waals surface area (Å²) in [7, 11) is 4.48. The molecule has 2 N–H and O–H groups in total. The van der Waals surface area contributed by atoms with Gasteiger partial charge in [-0.05, 0) is 72.3 Å². The molecule has 3 aromatic carbocycles. The predicted molar refractivity (Wildman–Crippen MR) is 128 cm³/mol. The number of carbonyl (C=O) groups is 3. The van der Waals surface area contributed by atoms with Crippen molar-refractivity contribution in [2.75, 3.05) is 26.6 Å². The monoisotopic (exact) mass is 477 g/mol. The molecule has 2 amide bonds. The van der Waals surface area contributed by atoms with E-state index in [1.807, 2.05) is 0 Å². The van der Waals surface area contributed by atoms with Crippen molar-refractivity contribution in [2.24, 2.45) is 5.10 Å². The van der Waals surface area contributed by atoms with E-state index in [-0.39, 0.29) is 11.5 Å². The summed E-state index contributed by atoms with van der Waals surface area (Å²) >= 11 is 0. The van der Waals surface area contributed by atoms with Crippen LogP contribution in [0, 0.1) is 0 Å². The number of ether oxygens (including phenoxy) is 4. The minimum absolute atomic E-state index is 0.202. The maximum Gasteiger partial charge on any atom is 0.343 e. The van der Waals surface area contributed by atoms with Crippen LogP contribution in [0.25, 0.3) is 0 Å². The summed E-state index contributed by atoms with van der Waals surface area (Å²) in [5.74, 6) is -0.683. The van der Waals surface area contributed by atoms with E-state index in [4.69, 9.17) is 18.9 Å². The minimum atomic E-state index is -0.950. The second-order valence-corrected chi connectivity index (χ2v) is 6.91. The van der Waals surface area contributed by atoms with Crippen molar-refractivity contribution >= 4 is 29.7 Å². The van der Waals surface area contributed by atoms with Crippen LogP contribution in [0.4, 0.5) is 5.69 Å². The van der Waals surface area contributed by atoms with Crippen LogP contribution in [-0.4, -0.2) is 45.3 Å². The summed E-state index contributed by atoms with van der Waals surface area (Å²) in [6, 6.07) is 17.7. The van der Waals surface area contributed by atoms with Crippen molar-refractivity contribution in [3.8, 4) is 23.0 Å². The van der Waals surface area contributed by atoms with Crippen molar-refractivity contribution in [1.82, 2.24) is 5.43 Å². The van der Waals surface area contributed by atoms with E-state index in [1.54, 1.807) is 60.7 Å². The van der Waals surface area contributed by atoms with Crippen molar-refractivity contribution in [3.63, 3.8) is 0 Å². The first-order valence-electron chi connectivity index (χ1n) is 10.3. The molecule has 35 heavy (non-hydrogen) atoms. The first-order chi connectivity index (χ1) is 16.9. The minimum Gasteiger partial charge on any atom is -0.497 e. The van der Waals surface area contributed by atoms with E-state index in [0.717, 1.165) is 0 Å². The molecule has 0 bridgehead atoms. The second kappa shape index (κ2) is 11.8. The van der Waals surface area contributed by atoms with Gasteiger partial charge in [-0.1, -0.05) is 0 Å². The van der Waals surface area contributed by atoms with Crippen molar-refractivity contribution < 1.29 is 33.3 Å². The average Bonchev–Trinajstić information content (AvgIpc) is 2.89. The Labute approximate surface area is 201 Å². The quantitative estimate of drug-likeness (QED) is 0.168. The Bertz CT molecular complexity index is 1220. The van der Waals surface area contributed by atoms with E-state index >= 15 is 0 Å². The number of carbonyl (C=O) groups excluding carboxylic acids is 3. The number of hydrogen-bond donors (Lipinski definition) is 2. The van der Waals surface area contributed by atoms with Gasteiger partial charge in [0.25, 0.3) is 0 Å². The number of anilines is 1. The van der Waals surface area contributed by atoms with Gasteiger partial charge < -0.3 is 24.3 Å².